The molecule has 1 aliphatic rings. The van der Waals surface area contributed by atoms with E-state index in [1.165, 1.54) is 25.1 Å². The van der Waals surface area contributed by atoms with Gasteiger partial charge < -0.3 is 10.6 Å². The molecule has 0 aromatic heterocycles. The van der Waals surface area contributed by atoms with Gasteiger partial charge in [-0.15, -0.1) is 23.2 Å². The summed E-state index contributed by atoms with van der Waals surface area (Å²) in [5.41, 5.74) is 1.07. The molecule has 2 N–H and O–H groups in total. The summed E-state index contributed by atoms with van der Waals surface area (Å²) in [5, 5.41) is 6.10. The third-order valence-electron chi connectivity index (χ3n) is 4.60. The van der Waals surface area contributed by atoms with Gasteiger partial charge in [-0.2, -0.15) is 0 Å². The van der Waals surface area contributed by atoms with E-state index in [-0.39, 0.29) is 17.1 Å². The number of alkyl halides is 3. The van der Waals surface area contributed by atoms with Crippen LogP contribution in [0.1, 0.15) is 28.8 Å². The van der Waals surface area contributed by atoms with Crippen molar-refractivity contribution in [3.05, 3.63) is 62.6 Å². The van der Waals surface area contributed by atoms with Gasteiger partial charge in [-0.1, -0.05) is 34.8 Å². The Morgan fingerprint density at radius 3 is 2.33 bits per heavy atom. The summed E-state index contributed by atoms with van der Waals surface area (Å²) in [6, 6.07) is 9.27. The van der Waals surface area contributed by atoms with Crippen LogP contribution in [0.4, 0.5) is 10.1 Å². The van der Waals surface area contributed by atoms with Crippen LogP contribution < -0.4 is 10.6 Å². The summed E-state index contributed by atoms with van der Waals surface area (Å²) >= 11 is 30.8. The maximum absolute atomic E-state index is 13.0. The molecule has 0 saturated heterocycles. The zero-order valence-corrected chi connectivity index (χ0v) is 19.3. The highest BCUT2D eigenvalue weighted by molar-refractivity contribution is 6.53. The number of hydrogen-bond donors (Lipinski definition) is 2. The first-order valence-corrected chi connectivity index (χ1v) is 10.8. The molecular formula is C20H16Cl5FN2O2. The van der Waals surface area contributed by atoms with Gasteiger partial charge in [0.1, 0.15) is 10.5 Å². The molecule has 160 valence electrons. The molecule has 30 heavy (non-hydrogen) atoms. The normalized spacial score (nSPS) is 20.4. The molecule has 1 aliphatic carbocycles. The number of hydrogen-bond acceptors (Lipinski definition) is 2. The van der Waals surface area contributed by atoms with Gasteiger partial charge in [0.05, 0.1) is 16.5 Å². The van der Waals surface area contributed by atoms with Crippen LogP contribution in [0.3, 0.4) is 0 Å². The SMILES string of the molecule is CC(F)CNC(=O)c1cc(NC(=O)C2C(c3cc(Cl)cc(Cl)c3)C2(Cl)Cl)ccc1Cl. The molecule has 0 aliphatic heterocycles. The highest BCUT2D eigenvalue weighted by Gasteiger charge is 2.67. The molecule has 2 aromatic carbocycles. The number of anilines is 1. The second-order valence-corrected chi connectivity index (χ2v) is 9.73. The second-order valence-electron chi connectivity index (χ2n) is 7.01. The third-order valence-corrected chi connectivity index (χ3v) is 6.31. The Kier molecular flexibility index (Phi) is 7.10. The van der Waals surface area contributed by atoms with E-state index in [0.717, 1.165) is 0 Å². The molecule has 1 saturated carbocycles. The molecule has 3 atom stereocenters. The van der Waals surface area contributed by atoms with Crippen LogP contribution in [-0.4, -0.2) is 28.9 Å². The Hall–Kier alpha value is -1.24. The third kappa shape index (κ3) is 5.14. The Balaban J connectivity index is 1.76. The summed E-state index contributed by atoms with van der Waals surface area (Å²) < 4.78 is 11.6. The van der Waals surface area contributed by atoms with Crippen molar-refractivity contribution in [3.8, 4) is 0 Å². The van der Waals surface area contributed by atoms with Gasteiger partial charge in [-0.3, -0.25) is 9.59 Å². The fraction of sp³-hybridized carbons (Fsp3) is 0.300. The number of nitrogens with one attached hydrogen (secondary N) is 2. The van der Waals surface area contributed by atoms with E-state index in [9.17, 15) is 14.0 Å². The van der Waals surface area contributed by atoms with Gasteiger partial charge in [-0.25, -0.2) is 4.39 Å². The van der Waals surface area contributed by atoms with E-state index in [2.05, 4.69) is 10.6 Å². The lowest BCUT2D eigenvalue weighted by molar-refractivity contribution is -0.117. The summed E-state index contributed by atoms with van der Waals surface area (Å²) in [6.07, 6.45) is -1.21. The van der Waals surface area contributed by atoms with Crippen LogP contribution in [0.15, 0.2) is 36.4 Å². The molecule has 3 rings (SSSR count). The minimum atomic E-state index is -1.33. The number of benzene rings is 2. The number of rotatable bonds is 6. The molecule has 0 heterocycles. The summed E-state index contributed by atoms with van der Waals surface area (Å²) in [4.78, 5) is 25.0. The van der Waals surface area contributed by atoms with Crippen LogP contribution in [0.5, 0.6) is 0 Å². The maximum atomic E-state index is 13.0. The van der Waals surface area contributed by atoms with Crippen molar-refractivity contribution in [2.75, 3.05) is 11.9 Å². The highest BCUT2D eigenvalue weighted by Crippen LogP contribution is 2.65. The van der Waals surface area contributed by atoms with Crippen molar-refractivity contribution in [2.24, 2.45) is 5.92 Å². The second kappa shape index (κ2) is 9.09. The first-order valence-electron chi connectivity index (χ1n) is 8.87. The molecule has 10 heteroatoms. The van der Waals surface area contributed by atoms with Crippen LogP contribution in [-0.2, 0) is 4.79 Å². The van der Waals surface area contributed by atoms with Crippen LogP contribution in [0.2, 0.25) is 15.1 Å². The van der Waals surface area contributed by atoms with Gasteiger partial charge in [-0.05, 0) is 48.9 Å². The van der Waals surface area contributed by atoms with Crippen LogP contribution >= 0.6 is 58.0 Å². The van der Waals surface area contributed by atoms with Crippen molar-refractivity contribution < 1.29 is 14.0 Å². The van der Waals surface area contributed by atoms with Crippen LogP contribution in [0.25, 0.3) is 0 Å². The zero-order valence-electron chi connectivity index (χ0n) is 15.5. The maximum Gasteiger partial charge on any atom is 0.252 e. The molecule has 0 radical (unpaired) electrons. The summed E-state index contributed by atoms with van der Waals surface area (Å²) in [5.74, 6) is -2.25. The molecule has 1 fully saturated rings. The fourth-order valence-electron chi connectivity index (χ4n) is 3.15. The van der Waals surface area contributed by atoms with E-state index >= 15 is 0 Å². The quantitative estimate of drug-likeness (QED) is 0.449. The van der Waals surface area contributed by atoms with Gasteiger partial charge in [0, 0.05) is 28.2 Å². The molecule has 4 nitrogen and oxygen atoms in total. The molecule has 2 amide bonds. The number of amides is 2. The monoisotopic (exact) mass is 510 g/mol. The van der Waals surface area contributed by atoms with Crippen molar-refractivity contribution in [3.63, 3.8) is 0 Å². The minimum absolute atomic E-state index is 0.104. The van der Waals surface area contributed by atoms with Crippen molar-refractivity contribution in [2.45, 2.75) is 23.3 Å². The van der Waals surface area contributed by atoms with Crippen molar-refractivity contribution >= 4 is 75.5 Å². The predicted octanol–water partition coefficient (Wildman–Crippen LogP) is 6.26. The standard InChI is InChI=1S/C20H16Cl5FN2O2/c1-9(26)8-27-18(29)14-7-13(2-3-15(14)23)28-19(30)17-16(20(17,24)25)10-4-11(21)6-12(22)5-10/h2-7,9,16-17H,8H2,1H3,(H,27,29)(H,28,30). The fourth-order valence-corrected chi connectivity index (χ4v) is 4.72. The smallest absolute Gasteiger partial charge is 0.252 e. The van der Waals surface area contributed by atoms with E-state index in [4.69, 9.17) is 58.0 Å². The predicted molar refractivity (Wildman–Crippen MR) is 120 cm³/mol. The molecule has 0 spiro atoms. The number of carbonyl (C=O) groups excluding carboxylic acids is 2. The van der Waals surface area contributed by atoms with E-state index in [1.54, 1.807) is 18.2 Å². The van der Waals surface area contributed by atoms with Crippen LogP contribution in [0, 0.1) is 5.92 Å². The molecular weight excluding hydrogens is 496 g/mol. The average Bonchev–Trinajstić information content (AvgIpc) is 3.22. The van der Waals surface area contributed by atoms with Gasteiger partial charge >= 0.3 is 0 Å². The Morgan fingerprint density at radius 2 is 1.73 bits per heavy atom. The topological polar surface area (TPSA) is 58.2 Å². The minimum Gasteiger partial charge on any atom is -0.349 e. The lowest BCUT2D eigenvalue weighted by atomic mass is 10.1. The van der Waals surface area contributed by atoms with E-state index in [0.29, 0.717) is 21.3 Å². The van der Waals surface area contributed by atoms with Crippen molar-refractivity contribution in [1.82, 2.24) is 5.32 Å². The molecule has 3 unspecified atom stereocenters. The summed E-state index contributed by atoms with van der Waals surface area (Å²) in [7, 11) is 0. The van der Waals surface area contributed by atoms with Gasteiger partial charge in [0.15, 0.2) is 0 Å². The molecule has 0 bridgehead atoms. The highest BCUT2D eigenvalue weighted by atomic mass is 35.5. The van der Waals surface area contributed by atoms with E-state index < -0.39 is 34.2 Å². The zero-order chi connectivity index (χ0) is 22.2. The Bertz CT molecular complexity index is 979. The first-order chi connectivity index (χ1) is 14.0. The number of halogens is 6. The lowest BCUT2D eigenvalue weighted by Gasteiger charge is -2.10. The number of carbonyl (C=O) groups is 2. The largest absolute Gasteiger partial charge is 0.349 e. The van der Waals surface area contributed by atoms with Gasteiger partial charge in [0.25, 0.3) is 5.91 Å². The first kappa shape index (κ1) is 23.4. The van der Waals surface area contributed by atoms with Crippen molar-refractivity contribution in [1.29, 1.82) is 0 Å². The Labute approximate surface area is 198 Å². The lowest BCUT2D eigenvalue weighted by Crippen LogP contribution is -2.29. The van der Waals surface area contributed by atoms with Gasteiger partial charge in [0.2, 0.25) is 5.91 Å². The summed E-state index contributed by atoms with van der Waals surface area (Å²) in [6.45, 7) is 1.17. The average molecular weight is 513 g/mol. The Morgan fingerprint density at radius 1 is 1.10 bits per heavy atom. The molecule has 2 aromatic rings. The van der Waals surface area contributed by atoms with E-state index in [1.807, 2.05) is 0 Å².